The van der Waals surface area contributed by atoms with Crippen molar-refractivity contribution >= 4 is 23.1 Å². The van der Waals surface area contributed by atoms with Gasteiger partial charge >= 0.3 is 0 Å². The van der Waals surface area contributed by atoms with E-state index in [1.54, 1.807) is 7.11 Å². The number of aliphatic hydroxyl groups excluding tert-OH is 1. The van der Waals surface area contributed by atoms with Gasteiger partial charge in [-0.05, 0) is 279 Å². The summed E-state index contributed by atoms with van der Waals surface area (Å²) in [6.07, 6.45) is 18.0. The van der Waals surface area contributed by atoms with E-state index in [9.17, 15) is 14.7 Å². The monoisotopic (exact) mass is 1560 g/mol. The largest absolute Gasteiger partial charge is 0.497 e. The molecule has 0 amide bonds. The predicted octanol–water partition coefficient (Wildman–Crippen LogP) is 21.7. The Morgan fingerprint density at radius 1 is 0.397 bits per heavy atom. The van der Waals surface area contributed by atoms with Crippen LogP contribution in [0.3, 0.4) is 0 Å². The number of carbonyl (C=O) groups is 4. The number of hydrogen-bond acceptors (Lipinski definition) is 12. The van der Waals surface area contributed by atoms with E-state index in [2.05, 4.69) is 196 Å². The van der Waals surface area contributed by atoms with Crippen LogP contribution in [0.5, 0.6) is 5.75 Å². The number of aryl methyl sites for hydroxylation is 2. The maximum Gasteiger partial charge on any atom is 0.182 e. The van der Waals surface area contributed by atoms with Gasteiger partial charge in [0.2, 0.25) is 0 Å². The summed E-state index contributed by atoms with van der Waals surface area (Å²) in [7, 11) is 9.82. The topological polar surface area (TPSA) is 129 Å². The molecule has 8 aromatic rings. The fraction of sp³-hybridized carbons (Fsp3) is 0.500. The molecule has 15 rings (SSSR count). The Morgan fingerprint density at radius 2 is 0.690 bits per heavy atom. The molecule has 2 heterocycles. The number of fused-ring (bicyclic) bond motifs is 16. The van der Waals surface area contributed by atoms with Crippen LogP contribution in [0.4, 0.5) is 0 Å². The van der Waals surface area contributed by atoms with E-state index in [1.807, 2.05) is 80.2 Å². The van der Waals surface area contributed by atoms with Crippen LogP contribution in [0.15, 0.2) is 146 Å². The lowest BCUT2D eigenvalue weighted by atomic mass is 9.57. The van der Waals surface area contributed by atoms with Gasteiger partial charge in [0, 0.05) is 70.1 Å². The lowest BCUT2D eigenvalue weighted by Crippen LogP contribution is -2.54. The molecule has 614 valence electrons. The number of ketones is 4. The number of nitrogens with zero attached hydrogens (tertiary/aromatic N) is 4. The van der Waals surface area contributed by atoms with Gasteiger partial charge in [0.25, 0.3) is 0 Å². The third kappa shape index (κ3) is 14.4. The van der Waals surface area contributed by atoms with E-state index in [0.29, 0.717) is 39.3 Å². The summed E-state index contributed by atoms with van der Waals surface area (Å²) in [6.45, 7) is 31.4. The Kier molecular flexibility index (Phi) is 24.2. The van der Waals surface area contributed by atoms with Crippen molar-refractivity contribution in [2.24, 2.45) is 0 Å². The smallest absolute Gasteiger partial charge is 0.182 e. The number of rotatable bonds is 29. The molecular formula is C104H130N4O8. The lowest BCUT2D eigenvalue weighted by Gasteiger charge is -2.46. The minimum Gasteiger partial charge on any atom is -0.497 e. The molecule has 2 spiro atoms. The van der Waals surface area contributed by atoms with Crippen LogP contribution in [0.25, 0.3) is 44.5 Å². The minimum atomic E-state index is -0.823. The number of hydrogen-bond donors (Lipinski definition) is 1. The van der Waals surface area contributed by atoms with Gasteiger partial charge in [-0.15, -0.1) is 0 Å². The highest BCUT2D eigenvalue weighted by molar-refractivity contribution is 6.07. The van der Waals surface area contributed by atoms with Gasteiger partial charge in [0.15, 0.2) is 23.1 Å². The first-order valence-electron chi connectivity index (χ1n) is 44.0. The maximum atomic E-state index is 15.2. The molecule has 5 aliphatic carbocycles. The van der Waals surface area contributed by atoms with E-state index < -0.39 is 22.2 Å². The van der Waals surface area contributed by atoms with Crippen LogP contribution in [-0.2, 0) is 37.7 Å². The zero-order valence-electron chi connectivity index (χ0n) is 73.0. The van der Waals surface area contributed by atoms with Crippen LogP contribution in [-0.4, -0.2) is 158 Å². The van der Waals surface area contributed by atoms with Crippen molar-refractivity contribution in [2.75, 3.05) is 87.9 Å². The van der Waals surface area contributed by atoms with Crippen molar-refractivity contribution in [1.82, 2.24) is 19.6 Å². The predicted molar refractivity (Wildman–Crippen MR) is 473 cm³/mol. The summed E-state index contributed by atoms with van der Waals surface area (Å²) >= 11 is 0. The number of Topliss-reactive ketones (excluding diaryl/α,β-unsaturated/α-hetero) is 4. The SMILES string of the molecule is CCCCC1(CCCC)c2cc(C)ccc2-c2ccc(C(=O)C(C)(CCC(C)(C(=O)c3ccc4c(c3)C(CCCC)(CCCC)c3cc(C)ccc3-4)N(C)C)N(C)C)cc21.COc1ccc2c(c1)C1(CCC3(CC1)c1cc(CO)ccc1-c1ccc(C(=O)C(C)(C)N4CCOCC4)cc13)c1cc(C(=O)C(C)(C)N3CCOCC3)ccc1-2. The molecule has 12 heteroatoms. The Balaban J connectivity index is 0.000000192. The molecular weight excluding hydrogens is 1430 g/mol. The summed E-state index contributed by atoms with van der Waals surface area (Å²) in [5.74, 6) is 1.33. The van der Waals surface area contributed by atoms with E-state index >= 15 is 9.59 Å². The van der Waals surface area contributed by atoms with Crippen LogP contribution in [0.2, 0.25) is 0 Å². The number of unbranched alkanes of at least 4 members (excludes halogenated alkanes) is 4. The van der Waals surface area contributed by atoms with Crippen LogP contribution in [0.1, 0.15) is 287 Å². The first-order valence-corrected chi connectivity index (χ1v) is 44.0. The molecule has 2 aliphatic heterocycles. The molecule has 2 saturated heterocycles. The summed E-state index contributed by atoms with van der Waals surface area (Å²) in [6, 6.07) is 52.7. The van der Waals surface area contributed by atoms with Gasteiger partial charge in [-0.1, -0.05) is 199 Å². The number of aliphatic hydroxyl groups is 1. The fourth-order valence-electron chi connectivity index (χ4n) is 21.9. The summed E-state index contributed by atoms with van der Waals surface area (Å²) in [5.41, 5.74) is 23.1. The third-order valence-corrected chi connectivity index (χ3v) is 29.8. The zero-order chi connectivity index (χ0) is 82.7. The molecule has 1 saturated carbocycles. The second-order valence-corrected chi connectivity index (χ2v) is 37.3. The number of morpholine rings is 2. The first kappa shape index (κ1) is 84.4. The van der Waals surface area contributed by atoms with E-state index in [1.165, 1.54) is 100 Å². The molecule has 3 fully saturated rings. The van der Waals surface area contributed by atoms with Gasteiger partial charge in [-0.25, -0.2) is 0 Å². The highest BCUT2D eigenvalue weighted by Crippen LogP contribution is 2.65. The summed E-state index contributed by atoms with van der Waals surface area (Å²) < 4.78 is 17.1. The lowest BCUT2D eigenvalue weighted by molar-refractivity contribution is -0.00443. The Bertz CT molecular complexity index is 4710. The van der Waals surface area contributed by atoms with E-state index in [-0.39, 0.29) is 51.4 Å². The zero-order valence-corrected chi connectivity index (χ0v) is 73.0. The van der Waals surface area contributed by atoms with E-state index in [4.69, 9.17) is 14.2 Å². The van der Waals surface area contributed by atoms with Gasteiger partial charge in [0.05, 0.1) is 62.3 Å². The molecule has 12 nitrogen and oxygen atoms in total. The van der Waals surface area contributed by atoms with Crippen molar-refractivity contribution in [3.05, 3.63) is 229 Å². The molecule has 7 aliphatic rings. The fourth-order valence-corrected chi connectivity index (χ4v) is 21.9. The molecule has 2 atom stereocenters. The number of carbonyl (C=O) groups excluding carboxylic acids is 4. The van der Waals surface area contributed by atoms with Crippen molar-refractivity contribution in [2.45, 2.75) is 249 Å². The maximum absolute atomic E-state index is 15.2. The van der Waals surface area contributed by atoms with Gasteiger partial charge in [-0.2, -0.15) is 0 Å². The second-order valence-electron chi connectivity index (χ2n) is 37.3. The normalized spacial score (nSPS) is 19.9. The summed E-state index contributed by atoms with van der Waals surface area (Å²) in [5, 5.41) is 10.3. The second kappa shape index (κ2) is 33.3. The van der Waals surface area contributed by atoms with Gasteiger partial charge in [-0.3, -0.25) is 38.8 Å². The van der Waals surface area contributed by atoms with Gasteiger partial charge in [0.1, 0.15) is 5.75 Å². The minimum absolute atomic E-state index is 0.0285. The van der Waals surface area contributed by atoms with E-state index in [0.717, 1.165) is 162 Å². The summed E-state index contributed by atoms with van der Waals surface area (Å²) in [4.78, 5) is 67.9. The van der Waals surface area contributed by atoms with Crippen LogP contribution in [0, 0.1) is 13.8 Å². The standard InChI is InChI=1S/C56H76N2O2.C48H54N2O6/c1-13-17-29-55(30-18-14-2)47-35-39(5)21-25-43(47)45-27-23-41(37-49(45)55)51(59)53(7,57(9)10)33-34-54(8,58(11)12)52(60)42-24-28-46-44-26-22-40(6)36-48(44)56(31-19-15-3,32-20-16-4)50(46)38-42;1-45(2,49-18-22-55-23-19-49)43(52)32-7-11-36-35-10-6-31(30-51)26-39(35)47(40(36)27-32)14-16-48(17-15-47)41-28-33(44(53)46(3,4)50-20-24-56-25-21-50)8-12-37(41)38-13-9-34(54-5)29-42(38)48/h21-28,35-38H,13-20,29-34H2,1-12H3;6-13,26-29,51H,14-25,30H2,1-5H3. The van der Waals surface area contributed by atoms with Crippen LogP contribution >= 0.6 is 0 Å². The Hall–Kier alpha value is -8.04. The highest BCUT2D eigenvalue weighted by Gasteiger charge is 2.55. The molecule has 2 unspecified atom stereocenters. The van der Waals surface area contributed by atoms with Crippen molar-refractivity contribution in [3.8, 4) is 50.3 Å². The highest BCUT2D eigenvalue weighted by atomic mass is 16.5. The van der Waals surface area contributed by atoms with Gasteiger partial charge < -0.3 is 19.3 Å². The quantitative estimate of drug-likeness (QED) is 0.0448. The number of benzene rings is 8. The average Bonchev–Trinajstić information content (AvgIpc) is 1.53. The van der Waals surface area contributed by atoms with Crippen molar-refractivity contribution in [3.63, 3.8) is 0 Å². The molecule has 0 bridgehead atoms. The first-order chi connectivity index (χ1) is 55.5. The number of ether oxygens (including phenoxy) is 3. The molecule has 116 heavy (non-hydrogen) atoms. The molecule has 1 N–H and O–H groups in total. The molecule has 0 aromatic heterocycles. The Labute approximate surface area is 693 Å². The molecule has 8 aromatic carbocycles. The molecule has 0 radical (unpaired) electrons. The van der Waals surface area contributed by atoms with Crippen LogP contribution < -0.4 is 4.74 Å². The average molecular weight is 1560 g/mol. The van der Waals surface area contributed by atoms with Crippen molar-refractivity contribution in [1.29, 1.82) is 0 Å². The third-order valence-electron chi connectivity index (χ3n) is 29.8. The number of methoxy groups -OCH3 is 1. The van der Waals surface area contributed by atoms with Crippen molar-refractivity contribution < 1.29 is 38.5 Å². The number of likely N-dealkylation sites (N-methyl/N-ethyl adjacent to an activating group) is 2. The Morgan fingerprint density at radius 3 is 1.03 bits per heavy atom.